The Morgan fingerprint density at radius 1 is 1.26 bits per heavy atom. The number of benzene rings is 1. The second kappa shape index (κ2) is 5.16. The lowest BCUT2D eigenvalue weighted by molar-refractivity contribution is 0.0941. The van der Waals surface area contributed by atoms with Crippen LogP contribution in [0.4, 0.5) is 0 Å². The molecule has 1 aliphatic carbocycles. The van der Waals surface area contributed by atoms with Crippen LogP contribution in [-0.2, 0) is 6.42 Å². The molecule has 1 aromatic heterocycles. The fraction of sp³-hybridized carbons (Fsp3) is 0.214. The summed E-state index contributed by atoms with van der Waals surface area (Å²) in [4.78, 5) is 12.8. The molecule has 0 saturated heterocycles. The van der Waals surface area contributed by atoms with Gasteiger partial charge < -0.3 is 5.32 Å². The zero-order valence-electron chi connectivity index (χ0n) is 9.90. The summed E-state index contributed by atoms with van der Waals surface area (Å²) in [5.74, 6) is -0.121. The average Bonchev–Trinajstić information content (AvgIpc) is 2.95. The number of rotatable bonds is 2. The molecule has 0 saturated carbocycles. The Labute approximate surface area is 125 Å². The minimum absolute atomic E-state index is 0.100. The zero-order chi connectivity index (χ0) is 13.4. The molecule has 2 nitrogen and oxygen atoms in total. The van der Waals surface area contributed by atoms with E-state index in [0.717, 1.165) is 12.0 Å². The Balaban J connectivity index is 1.82. The number of fused-ring (bicyclic) bond motifs is 1. The molecular formula is C14H11Cl2NOS. The molecule has 98 valence electrons. The Hall–Kier alpha value is -1.03. The predicted octanol–water partition coefficient (Wildman–Crippen LogP) is 4.04. The van der Waals surface area contributed by atoms with Crippen molar-refractivity contribution in [2.24, 2.45) is 0 Å². The first kappa shape index (κ1) is 13.0. The SMILES string of the molecule is O=C(NC1c2ccccc2CC1Cl)c1ccc(Cl)s1. The molecule has 1 N–H and O–H groups in total. The quantitative estimate of drug-likeness (QED) is 0.833. The van der Waals surface area contributed by atoms with Gasteiger partial charge in [0, 0.05) is 0 Å². The smallest absolute Gasteiger partial charge is 0.261 e. The van der Waals surface area contributed by atoms with Crippen molar-refractivity contribution < 1.29 is 4.79 Å². The van der Waals surface area contributed by atoms with Crippen molar-refractivity contribution >= 4 is 40.4 Å². The normalized spacial score (nSPS) is 21.2. The molecule has 2 atom stereocenters. The fourth-order valence-electron chi connectivity index (χ4n) is 2.36. The summed E-state index contributed by atoms with van der Waals surface area (Å²) in [7, 11) is 0. The molecule has 0 fully saturated rings. The second-order valence-corrected chi connectivity index (χ2v) is 6.75. The first-order chi connectivity index (χ1) is 9.15. The molecule has 0 radical (unpaired) electrons. The maximum absolute atomic E-state index is 12.2. The minimum atomic E-state index is -0.133. The summed E-state index contributed by atoms with van der Waals surface area (Å²) in [5, 5.41) is 2.90. The highest BCUT2D eigenvalue weighted by molar-refractivity contribution is 7.18. The Morgan fingerprint density at radius 2 is 2.05 bits per heavy atom. The lowest BCUT2D eigenvalue weighted by Crippen LogP contribution is -2.31. The van der Waals surface area contributed by atoms with Gasteiger partial charge in [0.1, 0.15) is 0 Å². The van der Waals surface area contributed by atoms with Crippen molar-refractivity contribution in [3.05, 3.63) is 56.7 Å². The summed E-state index contributed by atoms with van der Waals surface area (Å²) in [6.07, 6.45) is 0.786. The van der Waals surface area contributed by atoms with Gasteiger partial charge >= 0.3 is 0 Å². The number of halogens is 2. The molecule has 1 amide bonds. The third-order valence-corrected chi connectivity index (χ3v) is 4.89. The molecule has 1 heterocycles. The van der Waals surface area contributed by atoms with E-state index in [2.05, 4.69) is 11.4 Å². The van der Waals surface area contributed by atoms with Crippen LogP contribution in [0.25, 0.3) is 0 Å². The van der Waals surface area contributed by atoms with Gasteiger partial charge in [-0.05, 0) is 29.7 Å². The van der Waals surface area contributed by atoms with Gasteiger partial charge in [-0.15, -0.1) is 22.9 Å². The number of carbonyl (C=O) groups excluding carboxylic acids is 1. The van der Waals surface area contributed by atoms with Gasteiger partial charge in [-0.1, -0.05) is 35.9 Å². The minimum Gasteiger partial charge on any atom is -0.343 e. The van der Waals surface area contributed by atoms with Gasteiger partial charge in [-0.3, -0.25) is 4.79 Å². The fourth-order valence-corrected chi connectivity index (χ4v) is 3.67. The number of carbonyl (C=O) groups is 1. The molecule has 2 unspecified atom stereocenters. The van der Waals surface area contributed by atoms with Crippen molar-refractivity contribution in [2.45, 2.75) is 17.8 Å². The van der Waals surface area contributed by atoms with E-state index in [1.165, 1.54) is 16.9 Å². The van der Waals surface area contributed by atoms with E-state index in [1.807, 2.05) is 18.2 Å². The zero-order valence-corrected chi connectivity index (χ0v) is 12.2. The number of hydrogen-bond donors (Lipinski definition) is 1. The number of thiophene rings is 1. The summed E-state index contributed by atoms with van der Waals surface area (Å²) in [5.41, 5.74) is 2.32. The molecule has 0 aliphatic heterocycles. The molecule has 19 heavy (non-hydrogen) atoms. The summed E-state index contributed by atoms with van der Waals surface area (Å²) < 4.78 is 0.611. The van der Waals surface area contributed by atoms with Gasteiger partial charge in [0.05, 0.1) is 20.6 Å². The third-order valence-electron chi connectivity index (χ3n) is 3.25. The van der Waals surface area contributed by atoms with E-state index in [4.69, 9.17) is 23.2 Å². The highest BCUT2D eigenvalue weighted by Crippen LogP contribution is 2.35. The largest absolute Gasteiger partial charge is 0.343 e. The van der Waals surface area contributed by atoms with Crippen LogP contribution < -0.4 is 5.32 Å². The monoisotopic (exact) mass is 311 g/mol. The molecule has 3 rings (SSSR count). The van der Waals surface area contributed by atoms with Crippen molar-refractivity contribution in [3.63, 3.8) is 0 Å². The lowest BCUT2D eigenvalue weighted by Gasteiger charge is -2.16. The number of nitrogens with one attached hydrogen (secondary N) is 1. The summed E-state index contributed by atoms with van der Waals surface area (Å²) >= 11 is 13.5. The average molecular weight is 312 g/mol. The predicted molar refractivity (Wildman–Crippen MR) is 79.3 cm³/mol. The van der Waals surface area contributed by atoms with E-state index >= 15 is 0 Å². The molecule has 0 bridgehead atoms. The third kappa shape index (κ3) is 2.50. The van der Waals surface area contributed by atoms with Gasteiger partial charge in [0.15, 0.2) is 0 Å². The van der Waals surface area contributed by atoms with E-state index < -0.39 is 0 Å². The number of amides is 1. The van der Waals surface area contributed by atoms with Crippen LogP contribution in [0, 0.1) is 0 Å². The number of hydrogen-bond acceptors (Lipinski definition) is 2. The molecule has 5 heteroatoms. The molecule has 1 aromatic carbocycles. The van der Waals surface area contributed by atoms with E-state index in [9.17, 15) is 4.79 Å². The van der Waals surface area contributed by atoms with Crippen LogP contribution in [0.3, 0.4) is 0 Å². The topological polar surface area (TPSA) is 29.1 Å². The molecule has 0 spiro atoms. The molecule has 2 aromatic rings. The highest BCUT2D eigenvalue weighted by atomic mass is 35.5. The second-order valence-electron chi connectivity index (χ2n) is 4.47. The van der Waals surface area contributed by atoms with Gasteiger partial charge in [0.2, 0.25) is 0 Å². The maximum Gasteiger partial charge on any atom is 0.261 e. The first-order valence-corrected chi connectivity index (χ1v) is 7.56. The molecular weight excluding hydrogens is 301 g/mol. The van der Waals surface area contributed by atoms with Gasteiger partial charge in [0.25, 0.3) is 5.91 Å². The lowest BCUT2D eigenvalue weighted by atomic mass is 10.1. The van der Waals surface area contributed by atoms with E-state index in [0.29, 0.717) is 9.21 Å². The maximum atomic E-state index is 12.2. The van der Waals surface area contributed by atoms with Crippen molar-refractivity contribution in [1.82, 2.24) is 5.32 Å². The van der Waals surface area contributed by atoms with Crippen molar-refractivity contribution in [1.29, 1.82) is 0 Å². The number of alkyl halides is 1. The first-order valence-electron chi connectivity index (χ1n) is 5.93. The van der Waals surface area contributed by atoms with Crippen LogP contribution in [0.15, 0.2) is 36.4 Å². The van der Waals surface area contributed by atoms with Crippen LogP contribution in [0.2, 0.25) is 4.34 Å². The van der Waals surface area contributed by atoms with Crippen LogP contribution in [0.5, 0.6) is 0 Å². The van der Waals surface area contributed by atoms with Crippen molar-refractivity contribution in [2.75, 3.05) is 0 Å². The van der Waals surface area contributed by atoms with Crippen LogP contribution >= 0.6 is 34.5 Å². The van der Waals surface area contributed by atoms with Crippen LogP contribution in [-0.4, -0.2) is 11.3 Å². The van der Waals surface area contributed by atoms with Gasteiger partial charge in [-0.2, -0.15) is 0 Å². The van der Waals surface area contributed by atoms with E-state index in [-0.39, 0.29) is 17.3 Å². The summed E-state index contributed by atoms with van der Waals surface area (Å²) in [6, 6.07) is 11.4. The summed E-state index contributed by atoms with van der Waals surface area (Å²) in [6.45, 7) is 0. The Morgan fingerprint density at radius 3 is 2.79 bits per heavy atom. The van der Waals surface area contributed by atoms with Crippen molar-refractivity contribution in [3.8, 4) is 0 Å². The highest BCUT2D eigenvalue weighted by Gasteiger charge is 2.32. The van der Waals surface area contributed by atoms with Crippen LogP contribution in [0.1, 0.15) is 26.8 Å². The van der Waals surface area contributed by atoms with E-state index in [1.54, 1.807) is 12.1 Å². The molecule has 1 aliphatic rings. The standard InChI is InChI=1S/C14H11Cl2NOS/c15-10-7-8-3-1-2-4-9(8)13(10)17-14(18)11-5-6-12(16)19-11/h1-6,10,13H,7H2,(H,17,18). The van der Waals surface area contributed by atoms with Gasteiger partial charge in [-0.25, -0.2) is 0 Å². The Kier molecular flexibility index (Phi) is 3.52. The Bertz CT molecular complexity index is 625.